The Morgan fingerprint density at radius 3 is 2.47 bits per heavy atom. The lowest BCUT2D eigenvalue weighted by Crippen LogP contribution is -2.31. The van der Waals surface area contributed by atoms with Crippen molar-refractivity contribution in [2.75, 3.05) is 6.54 Å². The Labute approximate surface area is 124 Å². The van der Waals surface area contributed by atoms with Crippen molar-refractivity contribution in [3.05, 3.63) is 0 Å². The molecule has 19 heavy (non-hydrogen) atoms. The number of carbonyl (C=O) groups excluding carboxylic acids is 1. The molecule has 3 N–H and O–H groups in total. The third kappa shape index (κ3) is 8.48. The second kappa shape index (κ2) is 10.5. The molecule has 0 aromatic rings. The first-order valence-electron chi connectivity index (χ1n) is 7.63. The summed E-state index contributed by atoms with van der Waals surface area (Å²) in [5.74, 6) is 1.22. The standard InChI is InChI=1S/C15H30N2O.ClH/c1-12(2)7-5-3-4-6-10-17-15(18)13-8-9-14(16)11-13;/h12-14H,3-11,16H2,1-2H3,(H,17,18);1H. The van der Waals surface area contributed by atoms with E-state index >= 15 is 0 Å². The molecule has 1 aliphatic rings. The maximum Gasteiger partial charge on any atom is 0.223 e. The van der Waals surface area contributed by atoms with Crippen LogP contribution < -0.4 is 11.1 Å². The highest BCUT2D eigenvalue weighted by molar-refractivity contribution is 5.85. The van der Waals surface area contributed by atoms with E-state index in [0.29, 0.717) is 0 Å². The Kier molecular flexibility index (Phi) is 10.3. The molecule has 3 nitrogen and oxygen atoms in total. The zero-order chi connectivity index (χ0) is 13.4. The van der Waals surface area contributed by atoms with Crippen LogP contribution in [0.4, 0.5) is 0 Å². The Morgan fingerprint density at radius 2 is 1.89 bits per heavy atom. The fraction of sp³-hybridized carbons (Fsp3) is 0.933. The third-order valence-electron chi connectivity index (χ3n) is 3.85. The number of halogens is 1. The zero-order valence-electron chi connectivity index (χ0n) is 12.5. The van der Waals surface area contributed by atoms with Crippen LogP contribution in [0.3, 0.4) is 0 Å². The molecule has 0 heterocycles. The van der Waals surface area contributed by atoms with Crippen molar-refractivity contribution >= 4 is 18.3 Å². The summed E-state index contributed by atoms with van der Waals surface area (Å²) in [6.45, 7) is 5.38. The normalized spacial score (nSPS) is 22.3. The van der Waals surface area contributed by atoms with Crippen LogP contribution in [0.1, 0.15) is 65.2 Å². The highest BCUT2D eigenvalue weighted by Gasteiger charge is 2.27. The second-order valence-corrected chi connectivity index (χ2v) is 6.16. The van der Waals surface area contributed by atoms with Crippen molar-refractivity contribution in [2.45, 2.75) is 71.3 Å². The molecule has 0 aliphatic heterocycles. The monoisotopic (exact) mass is 290 g/mol. The van der Waals surface area contributed by atoms with E-state index < -0.39 is 0 Å². The number of nitrogens with one attached hydrogen (secondary N) is 1. The van der Waals surface area contributed by atoms with Crippen molar-refractivity contribution in [1.82, 2.24) is 5.32 Å². The fourth-order valence-corrected chi connectivity index (χ4v) is 2.64. The van der Waals surface area contributed by atoms with E-state index in [-0.39, 0.29) is 30.3 Å². The number of carbonyl (C=O) groups is 1. The average molecular weight is 291 g/mol. The first-order chi connectivity index (χ1) is 8.59. The van der Waals surface area contributed by atoms with E-state index in [9.17, 15) is 4.79 Å². The van der Waals surface area contributed by atoms with E-state index in [1.807, 2.05) is 0 Å². The number of hydrogen-bond donors (Lipinski definition) is 2. The largest absolute Gasteiger partial charge is 0.356 e. The van der Waals surface area contributed by atoms with Gasteiger partial charge in [-0.3, -0.25) is 4.79 Å². The molecule has 1 saturated carbocycles. The van der Waals surface area contributed by atoms with E-state index in [0.717, 1.165) is 38.1 Å². The Bertz CT molecular complexity index is 246. The summed E-state index contributed by atoms with van der Waals surface area (Å²) in [6.07, 6.45) is 9.15. The van der Waals surface area contributed by atoms with Crippen molar-refractivity contribution in [3.8, 4) is 0 Å². The van der Waals surface area contributed by atoms with Crippen molar-refractivity contribution in [3.63, 3.8) is 0 Å². The summed E-state index contributed by atoms with van der Waals surface area (Å²) in [4.78, 5) is 11.8. The Balaban J connectivity index is 0.00000324. The first kappa shape index (κ1) is 18.7. The quantitative estimate of drug-likeness (QED) is 0.674. The lowest BCUT2D eigenvalue weighted by Gasteiger charge is -2.10. The molecule has 1 fully saturated rings. The van der Waals surface area contributed by atoms with Crippen LogP contribution >= 0.6 is 12.4 Å². The summed E-state index contributed by atoms with van der Waals surface area (Å²) in [5, 5.41) is 3.05. The number of nitrogens with two attached hydrogens (primary N) is 1. The number of amides is 1. The molecule has 114 valence electrons. The van der Waals surface area contributed by atoms with E-state index in [1.54, 1.807) is 0 Å². The molecule has 0 spiro atoms. The molecule has 0 aromatic carbocycles. The smallest absolute Gasteiger partial charge is 0.223 e. The third-order valence-corrected chi connectivity index (χ3v) is 3.85. The zero-order valence-corrected chi connectivity index (χ0v) is 13.3. The van der Waals surface area contributed by atoms with Gasteiger partial charge in [-0.1, -0.05) is 39.5 Å². The summed E-state index contributed by atoms with van der Waals surface area (Å²) in [5.41, 5.74) is 5.82. The molecule has 0 saturated heterocycles. The van der Waals surface area contributed by atoms with Crippen LogP contribution in [-0.2, 0) is 4.79 Å². The van der Waals surface area contributed by atoms with Crippen molar-refractivity contribution in [1.29, 1.82) is 0 Å². The van der Waals surface area contributed by atoms with Gasteiger partial charge in [-0.15, -0.1) is 12.4 Å². The van der Waals surface area contributed by atoms with Crippen LogP contribution in [0, 0.1) is 11.8 Å². The van der Waals surface area contributed by atoms with E-state index in [2.05, 4.69) is 19.2 Å². The molecule has 0 bridgehead atoms. The minimum absolute atomic E-state index is 0. The summed E-state index contributed by atoms with van der Waals surface area (Å²) in [7, 11) is 0. The SMILES string of the molecule is CC(C)CCCCCCNC(=O)C1CCC(N)C1.Cl. The summed E-state index contributed by atoms with van der Waals surface area (Å²) < 4.78 is 0. The lowest BCUT2D eigenvalue weighted by atomic mass is 10.0. The van der Waals surface area contributed by atoms with Crippen molar-refractivity contribution in [2.24, 2.45) is 17.6 Å². The van der Waals surface area contributed by atoms with Gasteiger partial charge in [-0.2, -0.15) is 0 Å². The first-order valence-corrected chi connectivity index (χ1v) is 7.63. The highest BCUT2D eigenvalue weighted by atomic mass is 35.5. The fourth-order valence-electron chi connectivity index (χ4n) is 2.64. The molecule has 4 heteroatoms. The van der Waals surface area contributed by atoms with Gasteiger partial charge in [0.2, 0.25) is 5.91 Å². The summed E-state index contributed by atoms with van der Waals surface area (Å²) >= 11 is 0. The summed E-state index contributed by atoms with van der Waals surface area (Å²) in [6, 6.07) is 0.247. The van der Waals surface area contributed by atoms with Gasteiger partial charge in [0.15, 0.2) is 0 Å². The topological polar surface area (TPSA) is 55.1 Å². The predicted octanol–water partition coefficient (Wildman–Crippen LogP) is 3.26. The van der Waals surface area contributed by atoms with Gasteiger partial charge < -0.3 is 11.1 Å². The lowest BCUT2D eigenvalue weighted by molar-refractivity contribution is -0.124. The minimum Gasteiger partial charge on any atom is -0.356 e. The van der Waals surface area contributed by atoms with Gasteiger partial charge in [0.05, 0.1) is 0 Å². The van der Waals surface area contributed by atoms with E-state index in [1.165, 1.54) is 25.7 Å². The van der Waals surface area contributed by atoms with Gasteiger partial charge in [0, 0.05) is 18.5 Å². The van der Waals surface area contributed by atoms with Crippen LogP contribution in [-0.4, -0.2) is 18.5 Å². The molecular weight excluding hydrogens is 260 g/mol. The predicted molar refractivity (Wildman–Crippen MR) is 83.5 cm³/mol. The average Bonchev–Trinajstić information content (AvgIpc) is 2.74. The Morgan fingerprint density at radius 1 is 1.21 bits per heavy atom. The second-order valence-electron chi connectivity index (χ2n) is 6.16. The molecule has 1 aliphatic carbocycles. The van der Waals surface area contributed by atoms with Gasteiger partial charge in [-0.25, -0.2) is 0 Å². The molecule has 2 unspecified atom stereocenters. The van der Waals surface area contributed by atoms with Crippen LogP contribution in [0.25, 0.3) is 0 Å². The van der Waals surface area contributed by atoms with Crippen molar-refractivity contribution < 1.29 is 4.79 Å². The van der Waals surface area contributed by atoms with Gasteiger partial charge in [0.25, 0.3) is 0 Å². The van der Waals surface area contributed by atoms with Crippen LogP contribution in [0.2, 0.25) is 0 Å². The minimum atomic E-state index is 0. The number of rotatable bonds is 8. The Hall–Kier alpha value is -0.280. The van der Waals surface area contributed by atoms with Gasteiger partial charge in [-0.05, 0) is 31.6 Å². The molecule has 0 aromatic heterocycles. The molecule has 1 rings (SSSR count). The maximum absolute atomic E-state index is 11.8. The van der Waals surface area contributed by atoms with Crippen LogP contribution in [0.15, 0.2) is 0 Å². The number of unbranched alkanes of at least 4 members (excludes halogenated alkanes) is 3. The maximum atomic E-state index is 11.8. The van der Waals surface area contributed by atoms with Gasteiger partial charge >= 0.3 is 0 Å². The highest BCUT2D eigenvalue weighted by Crippen LogP contribution is 2.23. The number of hydrogen-bond acceptors (Lipinski definition) is 2. The molecule has 1 amide bonds. The molecule has 2 atom stereocenters. The van der Waals surface area contributed by atoms with E-state index in [4.69, 9.17) is 5.73 Å². The molecular formula is C15H31ClN2O. The van der Waals surface area contributed by atoms with Gasteiger partial charge in [0.1, 0.15) is 0 Å². The van der Waals surface area contributed by atoms with Crippen LogP contribution in [0.5, 0.6) is 0 Å². The molecule has 0 radical (unpaired) electrons.